The summed E-state index contributed by atoms with van der Waals surface area (Å²) in [6.45, 7) is 1.67. The Hall–Kier alpha value is -2.22. The van der Waals surface area contributed by atoms with Crippen molar-refractivity contribution in [2.75, 3.05) is 6.26 Å². The molecule has 1 aromatic carbocycles. The zero-order valence-corrected chi connectivity index (χ0v) is 12.2. The third-order valence-electron chi connectivity index (χ3n) is 2.95. The zero-order chi connectivity index (χ0) is 15.6. The van der Waals surface area contributed by atoms with Crippen LogP contribution < -0.4 is 5.32 Å². The fourth-order valence-corrected chi connectivity index (χ4v) is 2.56. The summed E-state index contributed by atoms with van der Waals surface area (Å²) in [7, 11) is -3.61. The van der Waals surface area contributed by atoms with Gasteiger partial charge in [-0.05, 0) is 30.7 Å². The normalized spacial score (nSPS) is 12.9. The second kappa shape index (κ2) is 5.65. The first-order valence-corrected chi connectivity index (χ1v) is 7.98. The number of hydrogen-bond acceptors (Lipinski definition) is 4. The molecule has 0 saturated carbocycles. The second-order valence-corrected chi connectivity index (χ2v) is 6.61. The number of carbonyl (C=O) groups is 1. The van der Waals surface area contributed by atoms with Crippen molar-refractivity contribution >= 4 is 15.7 Å². The Morgan fingerprint density at radius 1 is 1.38 bits per heavy atom. The number of nitrogens with one attached hydrogen (secondary N) is 2. The molecule has 0 spiro atoms. The van der Waals surface area contributed by atoms with Crippen LogP contribution in [0, 0.1) is 5.82 Å². The topological polar surface area (TPSA) is 91.9 Å². The molecule has 0 aliphatic carbocycles. The number of benzene rings is 1. The molecule has 2 rings (SSSR count). The molecule has 1 amide bonds. The molecule has 2 aromatic rings. The van der Waals surface area contributed by atoms with Crippen LogP contribution in [0.1, 0.15) is 29.0 Å². The van der Waals surface area contributed by atoms with E-state index in [-0.39, 0.29) is 16.5 Å². The quantitative estimate of drug-likeness (QED) is 0.894. The number of carbonyl (C=O) groups excluding carboxylic acids is 1. The number of aromatic nitrogens is 2. The lowest BCUT2D eigenvalue weighted by atomic mass is 10.1. The van der Waals surface area contributed by atoms with E-state index in [0.717, 1.165) is 12.3 Å². The Balaban J connectivity index is 2.19. The molecule has 21 heavy (non-hydrogen) atoms. The van der Waals surface area contributed by atoms with E-state index in [9.17, 15) is 17.6 Å². The van der Waals surface area contributed by atoms with E-state index < -0.39 is 21.7 Å². The maximum Gasteiger partial charge on any atom is 0.269 e. The van der Waals surface area contributed by atoms with Crippen LogP contribution in [0.15, 0.2) is 35.4 Å². The van der Waals surface area contributed by atoms with Crippen molar-refractivity contribution in [2.24, 2.45) is 0 Å². The average Bonchev–Trinajstić information content (AvgIpc) is 2.90. The van der Waals surface area contributed by atoms with Gasteiger partial charge in [0.25, 0.3) is 5.91 Å². The highest BCUT2D eigenvalue weighted by atomic mass is 32.2. The SMILES string of the molecule is C[C@@H](NC(=O)c1ccn[nH]1)c1ccc(S(C)(=O)=O)c(F)c1. The maximum atomic E-state index is 13.8. The van der Waals surface area contributed by atoms with Crippen LogP contribution >= 0.6 is 0 Å². The molecule has 0 bridgehead atoms. The lowest BCUT2D eigenvalue weighted by Crippen LogP contribution is -2.27. The molecule has 112 valence electrons. The highest BCUT2D eigenvalue weighted by Crippen LogP contribution is 2.20. The number of amides is 1. The first kappa shape index (κ1) is 15.2. The average molecular weight is 311 g/mol. The molecule has 0 aliphatic heterocycles. The fraction of sp³-hybridized carbons (Fsp3) is 0.231. The Morgan fingerprint density at radius 2 is 2.10 bits per heavy atom. The number of hydrogen-bond donors (Lipinski definition) is 2. The fourth-order valence-electron chi connectivity index (χ4n) is 1.83. The first-order chi connectivity index (χ1) is 9.79. The minimum Gasteiger partial charge on any atom is -0.344 e. The molecule has 0 aliphatic rings. The lowest BCUT2D eigenvalue weighted by molar-refractivity contribution is 0.0934. The van der Waals surface area contributed by atoms with Crippen LogP contribution in [-0.4, -0.2) is 30.8 Å². The minimum atomic E-state index is -3.61. The summed E-state index contributed by atoms with van der Waals surface area (Å²) in [6.07, 6.45) is 2.38. The Kier molecular flexibility index (Phi) is 4.08. The standard InChI is InChI=1S/C13H14FN3O3S/c1-8(16-13(18)11-5-6-15-17-11)9-3-4-12(10(14)7-9)21(2,19)20/h3-8H,1-2H3,(H,15,17)(H,16,18)/t8-/m1/s1. The Bertz CT molecular complexity index is 757. The predicted molar refractivity (Wildman–Crippen MR) is 74.0 cm³/mol. The van der Waals surface area contributed by atoms with Gasteiger partial charge in [-0.3, -0.25) is 9.89 Å². The maximum absolute atomic E-state index is 13.8. The van der Waals surface area contributed by atoms with Crippen molar-refractivity contribution in [2.45, 2.75) is 17.9 Å². The van der Waals surface area contributed by atoms with Crippen molar-refractivity contribution in [3.8, 4) is 0 Å². The first-order valence-electron chi connectivity index (χ1n) is 6.09. The number of nitrogens with zero attached hydrogens (tertiary/aromatic N) is 1. The van der Waals surface area contributed by atoms with Gasteiger partial charge in [-0.25, -0.2) is 12.8 Å². The lowest BCUT2D eigenvalue weighted by Gasteiger charge is -2.14. The smallest absolute Gasteiger partial charge is 0.269 e. The molecule has 0 unspecified atom stereocenters. The molecule has 6 nitrogen and oxygen atoms in total. The third-order valence-corrected chi connectivity index (χ3v) is 4.08. The van der Waals surface area contributed by atoms with Crippen LogP contribution in [-0.2, 0) is 9.84 Å². The van der Waals surface area contributed by atoms with Crippen LogP contribution in [0.4, 0.5) is 4.39 Å². The Morgan fingerprint density at radius 3 is 2.62 bits per heavy atom. The molecule has 1 heterocycles. The van der Waals surface area contributed by atoms with Gasteiger partial charge in [0.1, 0.15) is 16.4 Å². The van der Waals surface area contributed by atoms with Gasteiger partial charge in [-0.2, -0.15) is 5.10 Å². The summed E-state index contributed by atoms with van der Waals surface area (Å²) >= 11 is 0. The predicted octanol–water partition coefficient (Wildman–Crippen LogP) is 1.44. The van der Waals surface area contributed by atoms with E-state index in [4.69, 9.17) is 0 Å². The Labute approximate surface area is 121 Å². The van der Waals surface area contributed by atoms with Crippen molar-refractivity contribution in [1.82, 2.24) is 15.5 Å². The summed E-state index contributed by atoms with van der Waals surface area (Å²) in [5.74, 6) is -1.22. The molecule has 8 heteroatoms. The largest absolute Gasteiger partial charge is 0.344 e. The van der Waals surface area contributed by atoms with Gasteiger partial charge in [0.05, 0.1) is 6.04 Å². The molecule has 0 saturated heterocycles. The van der Waals surface area contributed by atoms with Crippen molar-refractivity contribution in [3.63, 3.8) is 0 Å². The minimum absolute atomic E-state index is 0.287. The monoisotopic (exact) mass is 311 g/mol. The van der Waals surface area contributed by atoms with Crippen molar-refractivity contribution < 1.29 is 17.6 Å². The summed E-state index contributed by atoms with van der Waals surface area (Å²) in [5, 5.41) is 8.84. The van der Waals surface area contributed by atoms with Crippen molar-refractivity contribution in [1.29, 1.82) is 0 Å². The van der Waals surface area contributed by atoms with Crippen LogP contribution in [0.3, 0.4) is 0 Å². The van der Waals surface area contributed by atoms with Gasteiger partial charge in [0.2, 0.25) is 0 Å². The van der Waals surface area contributed by atoms with E-state index >= 15 is 0 Å². The zero-order valence-electron chi connectivity index (χ0n) is 11.4. The molecule has 1 aromatic heterocycles. The van der Waals surface area contributed by atoms with E-state index in [1.54, 1.807) is 6.92 Å². The number of halogens is 1. The number of rotatable bonds is 4. The summed E-state index contributed by atoms with van der Waals surface area (Å²) in [4.78, 5) is 11.5. The van der Waals surface area contributed by atoms with E-state index in [0.29, 0.717) is 5.56 Å². The molecule has 0 fully saturated rings. The van der Waals surface area contributed by atoms with Gasteiger partial charge >= 0.3 is 0 Å². The highest BCUT2D eigenvalue weighted by Gasteiger charge is 2.17. The van der Waals surface area contributed by atoms with Crippen LogP contribution in [0.5, 0.6) is 0 Å². The van der Waals surface area contributed by atoms with Gasteiger partial charge in [0, 0.05) is 12.5 Å². The molecular formula is C13H14FN3O3S. The number of aromatic amines is 1. The van der Waals surface area contributed by atoms with E-state index in [1.807, 2.05) is 0 Å². The van der Waals surface area contributed by atoms with Gasteiger partial charge in [-0.15, -0.1) is 0 Å². The molecule has 2 N–H and O–H groups in total. The van der Waals surface area contributed by atoms with Crippen molar-refractivity contribution in [3.05, 3.63) is 47.5 Å². The summed E-state index contributed by atoms with van der Waals surface area (Å²) in [5.41, 5.74) is 0.753. The van der Waals surface area contributed by atoms with Crippen LogP contribution in [0.25, 0.3) is 0 Å². The van der Waals surface area contributed by atoms with Crippen LogP contribution in [0.2, 0.25) is 0 Å². The molecular weight excluding hydrogens is 297 g/mol. The highest BCUT2D eigenvalue weighted by molar-refractivity contribution is 7.90. The van der Waals surface area contributed by atoms with Gasteiger partial charge in [0.15, 0.2) is 9.84 Å². The van der Waals surface area contributed by atoms with E-state index in [2.05, 4.69) is 15.5 Å². The number of sulfone groups is 1. The van der Waals surface area contributed by atoms with Gasteiger partial charge < -0.3 is 5.32 Å². The molecule has 0 radical (unpaired) electrons. The third kappa shape index (κ3) is 3.46. The molecule has 1 atom stereocenters. The van der Waals surface area contributed by atoms with Gasteiger partial charge in [-0.1, -0.05) is 6.07 Å². The summed E-state index contributed by atoms with van der Waals surface area (Å²) in [6, 6.07) is 4.80. The second-order valence-electron chi connectivity index (χ2n) is 4.63. The van der Waals surface area contributed by atoms with E-state index in [1.165, 1.54) is 24.4 Å². The number of H-pyrrole nitrogens is 1. The summed E-state index contributed by atoms with van der Waals surface area (Å²) < 4.78 is 36.5.